The van der Waals surface area contributed by atoms with Crippen molar-refractivity contribution in [2.45, 2.75) is 6.92 Å². The minimum absolute atomic E-state index is 0.162. The molecule has 0 heterocycles. The van der Waals surface area contributed by atoms with Gasteiger partial charge in [0.15, 0.2) is 0 Å². The van der Waals surface area contributed by atoms with E-state index in [1.807, 2.05) is 6.92 Å². The van der Waals surface area contributed by atoms with E-state index >= 15 is 0 Å². The smallest absolute Gasteiger partial charge is 0.404 e. The highest BCUT2D eigenvalue weighted by atomic mass is 35.5. The van der Waals surface area contributed by atoms with E-state index in [0.717, 1.165) is 0 Å². The summed E-state index contributed by atoms with van der Waals surface area (Å²) in [5.41, 5.74) is 4.38. The molecule has 0 aromatic carbocycles. The maximum Gasteiger partial charge on any atom is 0.404 e. The number of primary amides is 1. The van der Waals surface area contributed by atoms with Crippen LogP contribution in [0.5, 0.6) is 0 Å². The summed E-state index contributed by atoms with van der Waals surface area (Å²) in [6, 6.07) is 0. The van der Waals surface area contributed by atoms with Crippen molar-refractivity contribution in [3.63, 3.8) is 0 Å². The number of rotatable bonds is 4. The second kappa shape index (κ2) is 4.67. The number of alkyl halides is 2. The van der Waals surface area contributed by atoms with Crippen molar-refractivity contribution in [3.05, 3.63) is 0 Å². The van der Waals surface area contributed by atoms with Crippen LogP contribution in [0.15, 0.2) is 0 Å². The molecule has 2 N–H and O–H groups in total. The van der Waals surface area contributed by atoms with E-state index in [2.05, 4.69) is 4.74 Å². The molecule has 0 saturated heterocycles. The fourth-order valence-corrected chi connectivity index (χ4v) is 0.798. The van der Waals surface area contributed by atoms with Crippen LogP contribution >= 0.6 is 23.2 Å². The molecule has 0 aliphatic carbocycles. The van der Waals surface area contributed by atoms with Gasteiger partial charge in [-0.05, 0) is 0 Å². The van der Waals surface area contributed by atoms with Gasteiger partial charge < -0.3 is 10.5 Å². The molecule has 11 heavy (non-hydrogen) atoms. The molecule has 0 saturated carbocycles. The topological polar surface area (TPSA) is 52.3 Å². The van der Waals surface area contributed by atoms with Gasteiger partial charge >= 0.3 is 6.09 Å². The summed E-state index contributed by atoms with van der Waals surface area (Å²) >= 11 is 11.2. The molecule has 0 rings (SSSR count). The van der Waals surface area contributed by atoms with Gasteiger partial charge in [-0.2, -0.15) is 0 Å². The number of hydrogen-bond donors (Lipinski definition) is 1. The molecule has 66 valence electrons. The van der Waals surface area contributed by atoms with Gasteiger partial charge in [0.1, 0.15) is 6.61 Å². The van der Waals surface area contributed by atoms with Crippen LogP contribution in [0.2, 0.25) is 0 Å². The Hall–Kier alpha value is -0.150. The van der Waals surface area contributed by atoms with Crippen LogP contribution in [-0.4, -0.2) is 24.5 Å². The molecule has 0 bridgehead atoms. The van der Waals surface area contributed by atoms with Crippen molar-refractivity contribution in [3.8, 4) is 0 Å². The Labute approximate surface area is 75.8 Å². The molecule has 0 aromatic heterocycles. The zero-order chi connectivity index (χ0) is 8.91. The van der Waals surface area contributed by atoms with Crippen molar-refractivity contribution in [1.82, 2.24) is 0 Å². The number of carbonyl (C=O) groups is 1. The van der Waals surface area contributed by atoms with E-state index in [1.54, 1.807) is 0 Å². The number of amides is 1. The van der Waals surface area contributed by atoms with E-state index < -0.39 is 6.09 Å². The molecule has 1 amide bonds. The van der Waals surface area contributed by atoms with Gasteiger partial charge in [0, 0.05) is 17.2 Å². The SMILES string of the molecule is CC(CCl)(CCl)COC(N)=O. The highest BCUT2D eigenvalue weighted by molar-refractivity contribution is 6.21. The minimum atomic E-state index is -0.800. The molecule has 0 aliphatic heterocycles. The first kappa shape index (κ1) is 10.8. The summed E-state index contributed by atoms with van der Waals surface area (Å²) in [6.07, 6.45) is -0.800. The van der Waals surface area contributed by atoms with E-state index in [1.165, 1.54) is 0 Å². The van der Waals surface area contributed by atoms with Crippen molar-refractivity contribution < 1.29 is 9.53 Å². The van der Waals surface area contributed by atoms with Gasteiger partial charge in [-0.25, -0.2) is 4.79 Å². The Bertz CT molecular complexity index is 137. The largest absolute Gasteiger partial charge is 0.449 e. The third-order valence-electron chi connectivity index (χ3n) is 1.21. The van der Waals surface area contributed by atoms with Gasteiger partial charge in [-0.3, -0.25) is 0 Å². The molecule has 3 nitrogen and oxygen atoms in total. The maximum absolute atomic E-state index is 10.2. The third kappa shape index (κ3) is 4.32. The molecule has 0 fully saturated rings. The van der Waals surface area contributed by atoms with Crippen molar-refractivity contribution in [1.29, 1.82) is 0 Å². The van der Waals surface area contributed by atoms with Crippen LogP contribution in [0.25, 0.3) is 0 Å². The van der Waals surface area contributed by atoms with Crippen molar-refractivity contribution in [2.75, 3.05) is 18.4 Å². The van der Waals surface area contributed by atoms with Gasteiger partial charge in [-0.15, -0.1) is 23.2 Å². The van der Waals surface area contributed by atoms with Crippen LogP contribution < -0.4 is 5.73 Å². The minimum Gasteiger partial charge on any atom is -0.449 e. The second-order valence-corrected chi connectivity index (χ2v) is 3.22. The van der Waals surface area contributed by atoms with Crippen molar-refractivity contribution in [2.24, 2.45) is 11.1 Å². The molecule has 0 spiro atoms. The Morgan fingerprint density at radius 2 is 2.00 bits per heavy atom. The summed E-state index contributed by atoms with van der Waals surface area (Å²) in [6.45, 7) is 1.98. The number of ether oxygens (including phenoxy) is 1. The molecule has 0 aliphatic rings. The lowest BCUT2D eigenvalue weighted by Crippen LogP contribution is -2.30. The van der Waals surface area contributed by atoms with Gasteiger partial charge in [0.05, 0.1) is 0 Å². The zero-order valence-electron chi connectivity index (χ0n) is 6.27. The fourth-order valence-electron chi connectivity index (χ4n) is 0.358. The van der Waals surface area contributed by atoms with Crippen LogP contribution in [-0.2, 0) is 4.74 Å². The first-order valence-electron chi connectivity index (χ1n) is 3.08. The summed E-state index contributed by atoms with van der Waals surface area (Å²) in [5, 5.41) is 0. The zero-order valence-corrected chi connectivity index (χ0v) is 7.78. The predicted molar refractivity (Wildman–Crippen MR) is 45.1 cm³/mol. The maximum atomic E-state index is 10.2. The first-order valence-corrected chi connectivity index (χ1v) is 4.15. The monoisotopic (exact) mass is 199 g/mol. The number of nitrogens with two attached hydrogens (primary N) is 1. The highest BCUT2D eigenvalue weighted by Crippen LogP contribution is 2.20. The predicted octanol–water partition coefficient (Wildman–Crippen LogP) is 1.57. The lowest BCUT2D eigenvalue weighted by molar-refractivity contribution is 0.117. The Morgan fingerprint density at radius 3 is 2.27 bits per heavy atom. The summed E-state index contributed by atoms with van der Waals surface area (Å²) < 4.78 is 4.56. The third-order valence-corrected chi connectivity index (χ3v) is 2.50. The lowest BCUT2D eigenvalue weighted by atomic mass is 9.98. The van der Waals surface area contributed by atoms with E-state index in [-0.39, 0.29) is 12.0 Å². The van der Waals surface area contributed by atoms with Crippen molar-refractivity contribution >= 4 is 29.3 Å². The standard InChI is InChI=1S/C6H11Cl2NO2/c1-6(2-7,3-8)4-11-5(9)10/h2-4H2,1H3,(H2,9,10). The summed E-state index contributed by atoms with van der Waals surface area (Å²) in [5.74, 6) is 0.674. The second-order valence-electron chi connectivity index (χ2n) is 2.69. The Kier molecular flexibility index (Phi) is 4.61. The van der Waals surface area contributed by atoms with Gasteiger partial charge in [-0.1, -0.05) is 6.92 Å². The molecule has 5 heteroatoms. The van der Waals surface area contributed by atoms with Crippen LogP contribution in [0.4, 0.5) is 4.79 Å². The van der Waals surface area contributed by atoms with Crippen LogP contribution in [0, 0.1) is 5.41 Å². The molecular weight excluding hydrogens is 189 g/mol. The van der Waals surface area contributed by atoms with Gasteiger partial charge in [0.2, 0.25) is 0 Å². The average molecular weight is 200 g/mol. The molecule has 0 radical (unpaired) electrons. The fraction of sp³-hybridized carbons (Fsp3) is 0.833. The van der Waals surface area contributed by atoms with E-state index in [4.69, 9.17) is 28.9 Å². The average Bonchev–Trinajstić information content (AvgIpc) is 2.00. The molecular formula is C6H11Cl2NO2. The lowest BCUT2D eigenvalue weighted by Gasteiger charge is -2.22. The number of hydrogen-bond acceptors (Lipinski definition) is 2. The molecule has 0 atom stereocenters. The number of halogens is 2. The van der Waals surface area contributed by atoms with E-state index in [9.17, 15) is 4.79 Å². The van der Waals surface area contributed by atoms with E-state index in [0.29, 0.717) is 11.8 Å². The van der Waals surface area contributed by atoms with Crippen LogP contribution in [0.1, 0.15) is 6.92 Å². The molecule has 0 unspecified atom stereocenters. The van der Waals surface area contributed by atoms with Crippen LogP contribution in [0.3, 0.4) is 0 Å². The summed E-state index contributed by atoms with van der Waals surface area (Å²) in [4.78, 5) is 10.2. The number of carbonyl (C=O) groups excluding carboxylic acids is 1. The highest BCUT2D eigenvalue weighted by Gasteiger charge is 2.23. The normalized spacial score (nSPS) is 11.2. The Balaban J connectivity index is 3.78. The Morgan fingerprint density at radius 1 is 1.55 bits per heavy atom. The molecule has 0 aromatic rings. The quantitative estimate of drug-likeness (QED) is 0.700. The van der Waals surface area contributed by atoms with Gasteiger partial charge in [0.25, 0.3) is 0 Å². The summed E-state index contributed by atoms with van der Waals surface area (Å²) in [7, 11) is 0. The first-order chi connectivity index (χ1) is 5.04.